The fourth-order valence-electron chi connectivity index (χ4n) is 1.47. The van der Waals surface area contributed by atoms with E-state index in [1.54, 1.807) is 20.2 Å². The van der Waals surface area contributed by atoms with Crippen LogP contribution in [0.1, 0.15) is 10.5 Å². The average molecular weight is 227 g/mol. The minimum absolute atomic E-state index is 0.121. The van der Waals surface area contributed by atoms with Gasteiger partial charge in [0.1, 0.15) is 12.0 Å². The van der Waals surface area contributed by atoms with E-state index in [0.29, 0.717) is 5.69 Å². The van der Waals surface area contributed by atoms with Gasteiger partial charge in [-0.1, -0.05) is 30.3 Å². The molecule has 0 spiro atoms. The summed E-state index contributed by atoms with van der Waals surface area (Å²) in [6.45, 7) is 0. The van der Waals surface area contributed by atoms with E-state index in [0.717, 1.165) is 11.3 Å². The molecule has 17 heavy (non-hydrogen) atoms. The molecule has 0 fully saturated rings. The summed E-state index contributed by atoms with van der Waals surface area (Å²) in [7, 11) is 3.40. The third-order valence-electron chi connectivity index (χ3n) is 2.36. The second kappa shape index (κ2) is 4.74. The molecule has 0 atom stereocenters. The number of carbonyl (C=O) groups excluding carboxylic acids is 1. The van der Waals surface area contributed by atoms with Crippen LogP contribution in [0.4, 0.5) is 0 Å². The van der Waals surface area contributed by atoms with E-state index in [1.165, 1.54) is 11.2 Å². The van der Waals surface area contributed by atoms with Crippen LogP contribution in [0, 0.1) is 0 Å². The first-order valence-electron chi connectivity index (χ1n) is 5.27. The zero-order chi connectivity index (χ0) is 12.3. The molecular weight excluding hydrogens is 214 g/mol. The maximum absolute atomic E-state index is 11.8. The molecule has 0 saturated carbocycles. The zero-order valence-electron chi connectivity index (χ0n) is 9.79. The zero-order valence-corrected chi connectivity index (χ0v) is 9.79. The highest BCUT2D eigenvalue weighted by Crippen LogP contribution is 2.16. The molecule has 0 aliphatic heterocycles. The molecule has 0 N–H and O–H groups in total. The van der Waals surface area contributed by atoms with Crippen molar-refractivity contribution >= 4 is 5.91 Å². The lowest BCUT2D eigenvalue weighted by atomic mass is 10.1. The number of hydrogen-bond acceptors (Lipinski definition) is 3. The van der Waals surface area contributed by atoms with Gasteiger partial charge in [0, 0.05) is 19.7 Å². The maximum atomic E-state index is 11.8. The number of carbonyl (C=O) groups is 1. The molecule has 0 aliphatic carbocycles. The summed E-state index contributed by atoms with van der Waals surface area (Å²) < 4.78 is 0. The van der Waals surface area contributed by atoms with E-state index >= 15 is 0 Å². The first-order chi connectivity index (χ1) is 8.18. The SMILES string of the molecule is CN(C)C(=O)c1cc(-c2ccccc2)ncn1. The largest absolute Gasteiger partial charge is 0.343 e. The van der Waals surface area contributed by atoms with E-state index in [-0.39, 0.29) is 5.91 Å². The molecule has 0 radical (unpaired) electrons. The van der Waals surface area contributed by atoms with Crippen LogP contribution in [0.2, 0.25) is 0 Å². The van der Waals surface area contributed by atoms with Gasteiger partial charge in [0.15, 0.2) is 0 Å². The van der Waals surface area contributed by atoms with E-state index in [4.69, 9.17) is 0 Å². The Labute approximate surface area is 99.9 Å². The molecular formula is C13H13N3O. The predicted octanol–water partition coefficient (Wildman–Crippen LogP) is 1.85. The van der Waals surface area contributed by atoms with Crippen LogP contribution in [0.3, 0.4) is 0 Å². The number of benzene rings is 1. The molecule has 2 rings (SSSR count). The number of amides is 1. The van der Waals surface area contributed by atoms with E-state index in [9.17, 15) is 4.79 Å². The van der Waals surface area contributed by atoms with Crippen LogP contribution >= 0.6 is 0 Å². The van der Waals surface area contributed by atoms with Gasteiger partial charge in [0.05, 0.1) is 5.69 Å². The maximum Gasteiger partial charge on any atom is 0.272 e. The van der Waals surface area contributed by atoms with Gasteiger partial charge >= 0.3 is 0 Å². The fraction of sp³-hybridized carbons (Fsp3) is 0.154. The Morgan fingerprint density at radius 2 is 1.82 bits per heavy atom. The summed E-state index contributed by atoms with van der Waals surface area (Å²) in [5.41, 5.74) is 2.14. The van der Waals surface area contributed by atoms with Crippen molar-refractivity contribution in [2.24, 2.45) is 0 Å². The van der Waals surface area contributed by atoms with Crippen LogP contribution in [0.15, 0.2) is 42.7 Å². The van der Waals surface area contributed by atoms with Crippen LogP contribution in [-0.2, 0) is 0 Å². The highest BCUT2D eigenvalue weighted by Gasteiger charge is 2.10. The number of rotatable bonds is 2. The number of nitrogens with zero attached hydrogens (tertiary/aromatic N) is 3. The van der Waals surface area contributed by atoms with Crippen molar-refractivity contribution < 1.29 is 4.79 Å². The van der Waals surface area contributed by atoms with E-state index in [2.05, 4.69) is 9.97 Å². The van der Waals surface area contributed by atoms with Crippen molar-refractivity contribution in [1.82, 2.24) is 14.9 Å². The molecule has 0 saturated heterocycles. The van der Waals surface area contributed by atoms with Crippen LogP contribution in [-0.4, -0.2) is 34.9 Å². The predicted molar refractivity (Wildman–Crippen MR) is 65.5 cm³/mol. The smallest absolute Gasteiger partial charge is 0.272 e. The normalized spacial score (nSPS) is 10.0. The minimum Gasteiger partial charge on any atom is -0.343 e. The van der Waals surface area contributed by atoms with Gasteiger partial charge in [-0.05, 0) is 6.07 Å². The van der Waals surface area contributed by atoms with Gasteiger partial charge in [0.25, 0.3) is 5.91 Å². The quantitative estimate of drug-likeness (QED) is 0.786. The first-order valence-corrected chi connectivity index (χ1v) is 5.27. The summed E-state index contributed by atoms with van der Waals surface area (Å²) in [6.07, 6.45) is 1.42. The Hall–Kier alpha value is -2.23. The Morgan fingerprint density at radius 3 is 2.47 bits per heavy atom. The third kappa shape index (κ3) is 2.47. The number of hydrogen-bond donors (Lipinski definition) is 0. The summed E-state index contributed by atoms with van der Waals surface area (Å²) >= 11 is 0. The van der Waals surface area contributed by atoms with Crippen molar-refractivity contribution in [1.29, 1.82) is 0 Å². The van der Waals surface area contributed by atoms with Gasteiger partial charge in [-0.15, -0.1) is 0 Å². The standard InChI is InChI=1S/C13H13N3O/c1-16(2)13(17)12-8-11(14-9-15-12)10-6-4-3-5-7-10/h3-9H,1-2H3. The fourth-order valence-corrected chi connectivity index (χ4v) is 1.47. The second-order valence-corrected chi connectivity index (χ2v) is 3.85. The summed E-state index contributed by atoms with van der Waals surface area (Å²) in [6, 6.07) is 11.4. The third-order valence-corrected chi connectivity index (χ3v) is 2.36. The Balaban J connectivity index is 2.39. The molecule has 2 aromatic rings. The van der Waals surface area contributed by atoms with Gasteiger partial charge in [-0.25, -0.2) is 9.97 Å². The first kappa shape index (κ1) is 11.3. The van der Waals surface area contributed by atoms with Crippen molar-refractivity contribution in [2.45, 2.75) is 0 Å². The molecule has 1 heterocycles. The molecule has 1 aromatic carbocycles. The Bertz CT molecular complexity index is 523. The molecule has 4 heteroatoms. The molecule has 0 bridgehead atoms. The van der Waals surface area contributed by atoms with Crippen molar-refractivity contribution in [3.63, 3.8) is 0 Å². The van der Waals surface area contributed by atoms with Crippen molar-refractivity contribution in [2.75, 3.05) is 14.1 Å². The van der Waals surface area contributed by atoms with Gasteiger partial charge in [0.2, 0.25) is 0 Å². The lowest BCUT2D eigenvalue weighted by Crippen LogP contribution is -2.22. The Morgan fingerprint density at radius 1 is 1.12 bits per heavy atom. The second-order valence-electron chi connectivity index (χ2n) is 3.85. The van der Waals surface area contributed by atoms with Gasteiger partial charge in [-0.2, -0.15) is 0 Å². The van der Waals surface area contributed by atoms with Crippen molar-refractivity contribution in [3.8, 4) is 11.3 Å². The highest BCUT2D eigenvalue weighted by atomic mass is 16.2. The average Bonchev–Trinajstić information content (AvgIpc) is 2.39. The highest BCUT2D eigenvalue weighted by molar-refractivity contribution is 5.92. The van der Waals surface area contributed by atoms with Crippen LogP contribution in [0.5, 0.6) is 0 Å². The topological polar surface area (TPSA) is 46.1 Å². The molecule has 1 amide bonds. The molecule has 86 valence electrons. The molecule has 0 unspecified atom stereocenters. The lowest BCUT2D eigenvalue weighted by molar-refractivity contribution is 0.0822. The summed E-state index contributed by atoms with van der Waals surface area (Å²) in [5, 5.41) is 0. The number of aromatic nitrogens is 2. The van der Waals surface area contributed by atoms with Gasteiger partial charge in [-0.3, -0.25) is 4.79 Å². The molecule has 1 aromatic heterocycles. The van der Waals surface area contributed by atoms with Crippen LogP contribution in [0.25, 0.3) is 11.3 Å². The summed E-state index contributed by atoms with van der Waals surface area (Å²) in [5.74, 6) is -0.121. The van der Waals surface area contributed by atoms with E-state index in [1.807, 2.05) is 30.3 Å². The Kier molecular flexibility index (Phi) is 3.14. The monoisotopic (exact) mass is 227 g/mol. The lowest BCUT2D eigenvalue weighted by Gasteiger charge is -2.09. The minimum atomic E-state index is -0.121. The molecule has 0 aliphatic rings. The van der Waals surface area contributed by atoms with Crippen molar-refractivity contribution in [3.05, 3.63) is 48.4 Å². The molecule has 4 nitrogen and oxygen atoms in total. The van der Waals surface area contributed by atoms with Gasteiger partial charge < -0.3 is 4.90 Å². The summed E-state index contributed by atoms with van der Waals surface area (Å²) in [4.78, 5) is 21.4. The van der Waals surface area contributed by atoms with E-state index < -0.39 is 0 Å². The van der Waals surface area contributed by atoms with Crippen LogP contribution < -0.4 is 0 Å².